The highest BCUT2D eigenvalue weighted by Crippen LogP contribution is 2.25. The third kappa shape index (κ3) is 4.30. The van der Waals surface area contributed by atoms with Crippen LogP contribution in [0.25, 0.3) is 10.8 Å². The van der Waals surface area contributed by atoms with Gasteiger partial charge >= 0.3 is 0 Å². The molecule has 0 spiro atoms. The van der Waals surface area contributed by atoms with Gasteiger partial charge in [-0.3, -0.25) is 4.79 Å². The summed E-state index contributed by atoms with van der Waals surface area (Å²) < 4.78 is 28.5. The van der Waals surface area contributed by atoms with E-state index in [-0.39, 0.29) is 16.4 Å². The van der Waals surface area contributed by atoms with E-state index in [0.29, 0.717) is 6.54 Å². The van der Waals surface area contributed by atoms with Gasteiger partial charge in [-0.15, -0.1) is 6.58 Å². The zero-order valence-electron chi connectivity index (χ0n) is 15.6. The Morgan fingerprint density at radius 1 is 1.07 bits per heavy atom. The lowest BCUT2D eigenvalue weighted by Gasteiger charge is -2.17. The normalized spacial score (nSPS) is 12.5. The van der Waals surface area contributed by atoms with E-state index in [4.69, 9.17) is 0 Å². The van der Waals surface area contributed by atoms with Crippen molar-refractivity contribution < 1.29 is 13.2 Å². The first-order chi connectivity index (χ1) is 13.4. The molecule has 3 aromatic rings. The Hall–Kier alpha value is -2.96. The van der Waals surface area contributed by atoms with Gasteiger partial charge in [0.1, 0.15) is 0 Å². The van der Waals surface area contributed by atoms with Gasteiger partial charge in [0.05, 0.1) is 4.90 Å². The molecule has 0 aliphatic heterocycles. The Kier molecular flexibility index (Phi) is 5.92. The molecule has 0 fully saturated rings. The Balaban J connectivity index is 1.87. The number of carbonyl (C=O) groups excluding carboxylic acids is 1. The number of rotatable bonds is 7. The Morgan fingerprint density at radius 2 is 1.79 bits per heavy atom. The highest BCUT2D eigenvalue weighted by Gasteiger charge is 2.20. The number of amides is 1. The maximum Gasteiger partial charge on any atom is 0.251 e. The average Bonchev–Trinajstić information content (AvgIpc) is 2.71. The van der Waals surface area contributed by atoms with Gasteiger partial charge in [-0.1, -0.05) is 54.6 Å². The maximum absolute atomic E-state index is 12.9. The zero-order chi connectivity index (χ0) is 20.1. The molecule has 0 heterocycles. The fourth-order valence-electron chi connectivity index (χ4n) is 3.06. The molecule has 144 valence electrons. The van der Waals surface area contributed by atoms with Crippen LogP contribution in [0.15, 0.2) is 84.3 Å². The third-order valence-electron chi connectivity index (χ3n) is 4.44. The molecule has 5 nitrogen and oxygen atoms in total. The smallest absolute Gasteiger partial charge is 0.251 e. The van der Waals surface area contributed by atoms with E-state index in [1.807, 2.05) is 42.5 Å². The minimum absolute atomic E-state index is 0.0471. The van der Waals surface area contributed by atoms with Crippen LogP contribution in [0.2, 0.25) is 0 Å². The zero-order valence-corrected chi connectivity index (χ0v) is 16.4. The summed E-state index contributed by atoms with van der Waals surface area (Å²) in [7, 11) is -3.80. The van der Waals surface area contributed by atoms with E-state index < -0.39 is 16.1 Å². The van der Waals surface area contributed by atoms with E-state index in [2.05, 4.69) is 16.6 Å². The summed E-state index contributed by atoms with van der Waals surface area (Å²) in [5.74, 6) is -0.348. The molecule has 3 rings (SSSR count). The summed E-state index contributed by atoms with van der Waals surface area (Å²) in [6, 6.07) is 19.2. The summed E-state index contributed by atoms with van der Waals surface area (Å²) in [6.07, 6.45) is 1.56. The van der Waals surface area contributed by atoms with E-state index in [1.54, 1.807) is 25.1 Å². The van der Waals surface area contributed by atoms with Crippen LogP contribution in [0.3, 0.4) is 0 Å². The second-order valence-corrected chi connectivity index (χ2v) is 8.15. The molecular weight excluding hydrogens is 372 g/mol. The Morgan fingerprint density at radius 3 is 2.57 bits per heavy atom. The molecule has 6 heteroatoms. The van der Waals surface area contributed by atoms with Crippen molar-refractivity contribution in [3.63, 3.8) is 0 Å². The standard InChI is InChI=1S/C22H22N2O3S/c1-3-14-23-22(25)18-10-6-11-19(15-18)28(26,27)24-16(2)20-13-7-9-17-8-4-5-12-21(17)20/h3-13,15-16,24H,1,14H2,2H3,(H,23,25). The van der Waals surface area contributed by atoms with Crippen LogP contribution < -0.4 is 10.0 Å². The summed E-state index contributed by atoms with van der Waals surface area (Å²) in [6.45, 7) is 5.66. The number of benzene rings is 3. The molecule has 2 N–H and O–H groups in total. The molecule has 28 heavy (non-hydrogen) atoms. The first-order valence-corrected chi connectivity index (χ1v) is 10.4. The number of hydrogen-bond donors (Lipinski definition) is 2. The minimum atomic E-state index is -3.80. The predicted octanol–water partition coefficient (Wildman–Crippen LogP) is 3.80. The SMILES string of the molecule is C=CCNC(=O)c1cccc(S(=O)(=O)NC(C)c2cccc3ccccc23)c1. The second-order valence-electron chi connectivity index (χ2n) is 6.44. The lowest BCUT2D eigenvalue weighted by Crippen LogP contribution is -2.28. The minimum Gasteiger partial charge on any atom is -0.349 e. The highest BCUT2D eigenvalue weighted by atomic mass is 32.2. The Bertz CT molecular complexity index is 1120. The molecule has 0 saturated carbocycles. The van der Waals surface area contributed by atoms with Crippen LogP contribution in [0.1, 0.15) is 28.9 Å². The van der Waals surface area contributed by atoms with E-state index in [0.717, 1.165) is 16.3 Å². The number of nitrogens with one attached hydrogen (secondary N) is 2. The summed E-state index contributed by atoms with van der Waals surface area (Å²) in [5, 5.41) is 4.69. The average molecular weight is 394 g/mol. The van der Waals surface area contributed by atoms with Crippen molar-refractivity contribution in [1.29, 1.82) is 0 Å². The number of sulfonamides is 1. The van der Waals surface area contributed by atoms with Gasteiger partial charge in [0.25, 0.3) is 5.91 Å². The van der Waals surface area contributed by atoms with Gasteiger partial charge in [0.2, 0.25) is 10.0 Å². The summed E-state index contributed by atoms with van der Waals surface area (Å²) in [5.41, 5.74) is 1.17. The molecule has 3 aromatic carbocycles. The quantitative estimate of drug-likeness (QED) is 0.599. The first kappa shape index (κ1) is 19.8. The van der Waals surface area contributed by atoms with Gasteiger partial charge in [-0.05, 0) is 41.5 Å². The predicted molar refractivity (Wildman–Crippen MR) is 112 cm³/mol. The van der Waals surface area contributed by atoms with E-state index in [9.17, 15) is 13.2 Å². The van der Waals surface area contributed by atoms with Crippen LogP contribution in [0.5, 0.6) is 0 Å². The third-order valence-corrected chi connectivity index (χ3v) is 5.97. The monoisotopic (exact) mass is 394 g/mol. The molecular formula is C22H22N2O3S. The van der Waals surface area contributed by atoms with E-state index >= 15 is 0 Å². The summed E-state index contributed by atoms with van der Waals surface area (Å²) in [4.78, 5) is 12.1. The van der Waals surface area contributed by atoms with Crippen molar-refractivity contribution in [1.82, 2.24) is 10.0 Å². The number of carbonyl (C=O) groups is 1. The fourth-order valence-corrected chi connectivity index (χ4v) is 4.33. The Labute approximate surface area is 165 Å². The number of hydrogen-bond acceptors (Lipinski definition) is 3. The van der Waals surface area contributed by atoms with Gasteiger partial charge in [-0.25, -0.2) is 13.1 Å². The van der Waals surface area contributed by atoms with Crippen LogP contribution >= 0.6 is 0 Å². The van der Waals surface area contributed by atoms with Crippen LogP contribution in [0.4, 0.5) is 0 Å². The molecule has 1 unspecified atom stereocenters. The maximum atomic E-state index is 12.9. The molecule has 0 bridgehead atoms. The molecule has 0 aliphatic rings. The van der Waals surface area contributed by atoms with Gasteiger partial charge in [0, 0.05) is 18.2 Å². The highest BCUT2D eigenvalue weighted by molar-refractivity contribution is 7.89. The van der Waals surface area contributed by atoms with Crippen LogP contribution in [-0.4, -0.2) is 20.9 Å². The molecule has 0 radical (unpaired) electrons. The van der Waals surface area contributed by atoms with Crippen molar-refractivity contribution in [2.75, 3.05) is 6.54 Å². The topological polar surface area (TPSA) is 75.3 Å². The molecule has 1 atom stereocenters. The summed E-state index contributed by atoms with van der Waals surface area (Å²) >= 11 is 0. The van der Waals surface area contributed by atoms with Gasteiger partial charge in [-0.2, -0.15) is 0 Å². The van der Waals surface area contributed by atoms with Crippen LogP contribution in [0, 0.1) is 0 Å². The van der Waals surface area contributed by atoms with Crippen molar-refractivity contribution >= 4 is 26.7 Å². The molecule has 0 aromatic heterocycles. The van der Waals surface area contributed by atoms with Gasteiger partial charge < -0.3 is 5.32 Å². The first-order valence-electron chi connectivity index (χ1n) is 8.91. The lowest BCUT2D eigenvalue weighted by atomic mass is 10.0. The second kappa shape index (κ2) is 8.37. The lowest BCUT2D eigenvalue weighted by molar-refractivity contribution is 0.0958. The van der Waals surface area contributed by atoms with E-state index in [1.165, 1.54) is 12.1 Å². The largest absolute Gasteiger partial charge is 0.349 e. The van der Waals surface area contributed by atoms with Crippen molar-refractivity contribution in [2.45, 2.75) is 17.9 Å². The fraction of sp³-hybridized carbons (Fsp3) is 0.136. The molecule has 0 saturated heterocycles. The number of fused-ring (bicyclic) bond motifs is 1. The van der Waals surface area contributed by atoms with Crippen molar-refractivity contribution in [3.8, 4) is 0 Å². The van der Waals surface area contributed by atoms with Gasteiger partial charge in [0.15, 0.2) is 0 Å². The molecule has 1 amide bonds. The van der Waals surface area contributed by atoms with Crippen molar-refractivity contribution in [2.24, 2.45) is 0 Å². The van der Waals surface area contributed by atoms with Crippen LogP contribution in [-0.2, 0) is 10.0 Å². The van der Waals surface area contributed by atoms with Crippen molar-refractivity contribution in [3.05, 3.63) is 90.5 Å². The molecule has 0 aliphatic carbocycles.